The van der Waals surface area contributed by atoms with E-state index in [1.807, 2.05) is 26.8 Å². The Hall–Kier alpha value is -2.34. The van der Waals surface area contributed by atoms with Gasteiger partial charge in [-0.25, -0.2) is 8.42 Å². The molecule has 0 atom stereocenters. The van der Waals surface area contributed by atoms with Crippen molar-refractivity contribution in [3.8, 4) is 0 Å². The minimum absolute atomic E-state index is 0.0642. The van der Waals surface area contributed by atoms with E-state index < -0.39 is 10.0 Å². The maximum Gasteiger partial charge on any atom is 0.261 e. The quantitative estimate of drug-likeness (QED) is 0.828. The molecule has 0 fully saturated rings. The van der Waals surface area contributed by atoms with Crippen molar-refractivity contribution >= 4 is 21.6 Å². The number of amides is 1. The van der Waals surface area contributed by atoms with Crippen LogP contribution >= 0.6 is 0 Å². The molecule has 2 rings (SSSR count). The third-order valence-electron chi connectivity index (χ3n) is 3.71. The number of benzene rings is 2. The summed E-state index contributed by atoms with van der Waals surface area (Å²) in [7, 11) is -3.76. The molecule has 0 saturated heterocycles. The lowest BCUT2D eigenvalue weighted by Gasteiger charge is -2.13. The van der Waals surface area contributed by atoms with Crippen LogP contribution in [-0.2, 0) is 10.0 Å². The summed E-state index contributed by atoms with van der Waals surface area (Å²) >= 11 is 0. The SMILES string of the molecule is Cc1cccc(NS(=O)(=O)c2ccc(C)c(C(=O)NCC(C)C)c2)c1. The monoisotopic (exact) mass is 360 g/mol. The first-order valence-corrected chi connectivity index (χ1v) is 9.65. The molecule has 0 aromatic heterocycles. The fourth-order valence-corrected chi connectivity index (χ4v) is 3.40. The Morgan fingerprint density at radius 3 is 2.44 bits per heavy atom. The number of carbonyl (C=O) groups excluding carboxylic acids is 1. The number of hydrogen-bond acceptors (Lipinski definition) is 3. The van der Waals surface area contributed by atoms with E-state index in [2.05, 4.69) is 10.0 Å². The summed E-state index contributed by atoms with van der Waals surface area (Å²) in [4.78, 5) is 12.4. The summed E-state index contributed by atoms with van der Waals surface area (Å²) < 4.78 is 27.8. The van der Waals surface area contributed by atoms with Crippen LogP contribution in [0, 0.1) is 19.8 Å². The van der Waals surface area contributed by atoms with Crippen LogP contribution in [0.15, 0.2) is 47.4 Å². The second kappa shape index (κ2) is 7.70. The van der Waals surface area contributed by atoms with E-state index in [1.165, 1.54) is 12.1 Å². The second-order valence-electron chi connectivity index (χ2n) is 6.56. The molecule has 0 aliphatic carbocycles. The lowest BCUT2D eigenvalue weighted by atomic mass is 10.1. The number of aryl methyl sites for hydroxylation is 2. The zero-order valence-electron chi connectivity index (χ0n) is 15.0. The smallest absolute Gasteiger partial charge is 0.261 e. The Morgan fingerprint density at radius 1 is 1.08 bits per heavy atom. The van der Waals surface area contributed by atoms with Gasteiger partial charge in [0.2, 0.25) is 0 Å². The Balaban J connectivity index is 2.29. The number of hydrogen-bond donors (Lipinski definition) is 2. The van der Waals surface area contributed by atoms with E-state index in [0.29, 0.717) is 23.7 Å². The molecule has 0 unspecified atom stereocenters. The molecule has 2 aromatic carbocycles. The van der Waals surface area contributed by atoms with Gasteiger partial charge in [0.25, 0.3) is 15.9 Å². The van der Waals surface area contributed by atoms with Crippen molar-refractivity contribution in [2.75, 3.05) is 11.3 Å². The highest BCUT2D eigenvalue weighted by Gasteiger charge is 2.18. The normalized spacial score (nSPS) is 11.4. The van der Waals surface area contributed by atoms with Crippen LogP contribution in [0.5, 0.6) is 0 Å². The van der Waals surface area contributed by atoms with Crippen LogP contribution < -0.4 is 10.0 Å². The number of rotatable bonds is 6. The highest BCUT2D eigenvalue weighted by Crippen LogP contribution is 2.20. The average Bonchev–Trinajstić information content (AvgIpc) is 2.52. The molecule has 0 saturated carbocycles. The first-order chi connectivity index (χ1) is 11.7. The maximum atomic E-state index is 12.6. The summed E-state index contributed by atoms with van der Waals surface area (Å²) in [6, 6.07) is 11.7. The molecular weight excluding hydrogens is 336 g/mol. The Labute approximate surface area is 149 Å². The lowest BCUT2D eigenvalue weighted by Crippen LogP contribution is -2.28. The first-order valence-electron chi connectivity index (χ1n) is 8.17. The van der Waals surface area contributed by atoms with E-state index in [4.69, 9.17) is 0 Å². The van der Waals surface area contributed by atoms with Crippen molar-refractivity contribution in [2.45, 2.75) is 32.6 Å². The van der Waals surface area contributed by atoms with E-state index in [1.54, 1.807) is 31.2 Å². The largest absolute Gasteiger partial charge is 0.352 e. The van der Waals surface area contributed by atoms with E-state index in [-0.39, 0.29) is 10.8 Å². The van der Waals surface area contributed by atoms with Crippen LogP contribution in [0.4, 0.5) is 5.69 Å². The number of sulfonamides is 1. The molecule has 25 heavy (non-hydrogen) atoms. The molecule has 2 aromatic rings. The van der Waals surface area contributed by atoms with Crippen molar-refractivity contribution in [2.24, 2.45) is 5.92 Å². The molecular formula is C19H24N2O3S. The van der Waals surface area contributed by atoms with Crippen molar-refractivity contribution in [1.82, 2.24) is 5.32 Å². The summed E-state index contributed by atoms with van der Waals surface area (Å²) in [5.41, 5.74) is 2.55. The Kier molecular flexibility index (Phi) is 5.85. The van der Waals surface area contributed by atoms with Gasteiger partial charge in [0.1, 0.15) is 0 Å². The van der Waals surface area contributed by atoms with Gasteiger partial charge in [0.15, 0.2) is 0 Å². The summed E-state index contributed by atoms with van der Waals surface area (Å²) in [6.07, 6.45) is 0. The third-order valence-corrected chi connectivity index (χ3v) is 5.08. The molecule has 0 aliphatic rings. The van der Waals surface area contributed by atoms with Gasteiger partial charge >= 0.3 is 0 Å². The predicted molar refractivity (Wildman–Crippen MR) is 100 cm³/mol. The number of anilines is 1. The molecule has 1 amide bonds. The molecule has 0 bridgehead atoms. The maximum absolute atomic E-state index is 12.6. The van der Waals surface area contributed by atoms with Crippen LogP contribution in [0.3, 0.4) is 0 Å². The van der Waals surface area contributed by atoms with E-state index >= 15 is 0 Å². The zero-order valence-corrected chi connectivity index (χ0v) is 15.8. The van der Waals surface area contributed by atoms with Gasteiger partial charge in [-0.2, -0.15) is 0 Å². The van der Waals surface area contributed by atoms with Gasteiger partial charge in [0.05, 0.1) is 4.90 Å². The highest BCUT2D eigenvalue weighted by atomic mass is 32.2. The third kappa shape index (κ3) is 5.06. The first kappa shape index (κ1) is 19.0. The molecule has 2 N–H and O–H groups in total. The van der Waals surface area contributed by atoms with Gasteiger partial charge in [-0.05, 0) is 55.2 Å². The standard InChI is InChI=1S/C19H24N2O3S/c1-13(2)12-20-19(22)18-11-17(9-8-15(18)4)25(23,24)21-16-7-5-6-14(3)10-16/h5-11,13,21H,12H2,1-4H3,(H,20,22). The molecule has 5 nitrogen and oxygen atoms in total. The summed E-state index contributed by atoms with van der Waals surface area (Å²) in [6.45, 7) is 8.21. The van der Waals surface area contributed by atoms with Crippen molar-refractivity contribution < 1.29 is 13.2 Å². The van der Waals surface area contributed by atoms with Crippen LogP contribution in [0.1, 0.15) is 35.3 Å². The zero-order chi connectivity index (χ0) is 18.6. The van der Waals surface area contributed by atoms with Gasteiger partial charge in [0, 0.05) is 17.8 Å². The second-order valence-corrected chi connectivity index (χ2v) is 8.24. The van der Waals surface area contributed by atoms with Gasteiger partial charge in [-0.1, -0.05) is 32.0 Å². The topological polar surface area (TPSA) is 75.3 Å². The Morgan fingerprint density at radius 2 is 1.80 bits per heavy atom. The minimum atomic E-state index is -3.76. The van der Waals surface area contributed by atoms with Crippen molar-refractivity contribution in [3.63, 3.8) is 0 Å². The highest BCUT2D eigenvalue weighted by molar-refractivity contribution is 7.92. The summed E-state index contributed by atoms with van der Waals surface area (Å²) in [5.74, 6) is 0.0537. The minimum Gasteiger partial charge on any atom is -0.352 e. The van der Waals surface area contributed by atoms with Gasteiger partial charge in [-0.3, -0.25) is 9.52 Å². The van der Waals surface area contributed by atoms with E-state index in [9.17, 15) is 13.2 Å². The van der Waals surface area contributed by atoms with Crippen LogP contribution in [0.25, 0.3) is 0 Å². The molecule has 0 radical (unpaired) electrons. The van der Waals surface area contributed by atoms with Crippen molar-refractivity contribution in [3.05, 3.63) is 59.2 Å². The predicted octanol–water partition coefficient (Wildman–Crippen LogP) is 3.49. The lowest BCUT2D eigenvalue weighted by molar-refractivity contribution is 0.0948. The van der Waals surface area contributed by atoms with Crippen molar-refractivity contribution in [1.29, 1.82) is 0 Å². The fraction of sp³-hybridized carbons (Fsp3) is 0.316. The fourth-order valence-electron chi connectivity index (χ4n) is 2.33. The molecule has 0 heterocycles. The van der Waals surface area contributed by atoms with Gasteiger partial charge in [-0.15, -0.1) is 0 Å². The number of carbonyl (C=O) groups is 1. The number of nitrogens with one attached hydrogen (secondary N) is 2. The molecule has 134 valence electrons. The van der Waals surface area contributed by atoms with Crippen LogP contribution in [0.2, 0.25) is 0 Å². The molecule has 0 spiro atoms. The average molecular weight is 360 g/mol. The van der Waals surface area contributed by atoms with Crippen LogP contribution in [-0.4, -0.2) is 20.9 Å². The summed E-state index contributed by atoms with van der Waals surface area (Å²) in [5, 5.41) is 2.82. The van der Waals surface area contributed by atoms with Gasteiger partial charge < -0.3 is 5.32 Å². The Bertz CT molecular complexity index is 874. The van der Waals surface area contributed by atoms with E-state index in [0.717, 1.165) is 11.1 Å². The molecule has 0 aliphatic heterocycles. The molecule has 6 heteroatoms.